The van der Waals surface area contributed by atoms with Crippen molar-refractivity contribution in [1.29, 1.82) is 0 Å². The molecule has 0 saturated carbocycles. The lowest BCUT2D eigenvalue weighted by atomic mass is 10.2. The summed E-state index contributed by atoms with van der Waals surface area (Å²) in [4.78, 5) is 0. The van der Waals surface area contributed by atoms with Crippen LogP contribution >= 0.6 is 11.6 Å². The zero-order chi connectivity index (χ0) is 10.4. The van der Waals surface area contributed by atoms with Crippen LogP contribution in [0, 0.1) is 0 Å². The molecule has 3 heteroatoms. The van der Waals surface area contributed by atoms with E-state index in [1.165, 1.54) is 0 Å². The number of benzene rings is 1. The molecular weight excluding hydrogens is 198 g/mol. The SMILES string of the molecule is CC=CCOc1ccc(CN)cc1Cl. The Morgan fingerprint density at radius 2 is 2.29 bits per heavy atom. The highest BCUT2D eigenvalue weighted by Gasteiger charge is 2.00. The minimum absolute atomic E-state index is 0.495. The van der Waals surface area contributed by atoms with E-state index in [0.717, 1.165) is 5.56 Å². The van der Waals surface area contributed by atoms with Crippen LogP contribution in [-0.4, -0.2) is 6.61 Å². The Labute approximate surface area is 89.3 Å². The molecule has 0 aliphatic carbocycles. The van der Waals surface area contributed by atoms with Gasteiger partial charge >= 0.3 is 0 Å². The quantitative estimate of drug-likeness (QED) is 0.778. The molecule has 2 nitrogen and oxygen atoms in total. The van der Waals surface area contributed by atoms with Crippen LogP contribution in [0.2, 0.25) is 5.02 Å². The molecule has 0 aromatic heterocycles. The molecule has 14 heavy (non-hydrogen) atoms. The van der Waals surface area contributed by atoms with Crippen molar-refractivity contribution in [3.63, 3.8) is 0 Å². The van der Waals surface area contributed by atoms with Gasteiger partial charge in [-0.2, -0.15) is 0 Å². The highest BCUT2D eigenvalue weighted by atomic mass is 35.5. The fourth-order valence-electron chi connectivity index (χ4n) is 1.02. The van der Waals surface area contributed by atoms with Gasteiger partial charge in [-0.1, -0.05) is 29.8 Å². The number of hydrogen-bond donors (Lipinski definition) is 1. The van der Waals surface area contributed by atoms with Crippen molar-refractivity contribution < 1.29 is 4.74 Å². The van der Waals surface area contributed by atoms with Crippen LogP contribution in [0.4, 0.5) is 0 Å². The second kappa shape index (κ2) is 5.68. The first-order chi connectivity index (χ1) is 6.77. The highest BCUT2D eigenvalue weighted by Crippen LogP contribution is 2.25. The van der Waals surface area contributed by atoms with E-state index in [-0.39, 0.29) is 0 Å². The zero-order valence-corrected chi connectivity index (χ0v) is 8.92. The topological polar surface area (TPSA) is 35.2 Å². The van der Waals surface area contributed by atoms with Gasteiger partial charge in [0.2, 0.25) is 0 Å². The van der Waals surface area contributed by atoms with Gasteiger partial charge in [-0.15, -0.1) is 0 Å². The molecule has 0 unspecified atom stereocenters. The zero-order valence-electron chi connectivity index (χ0n) is 8.16. The van der Waals surface area contributed by atoms with Crippen LogP contribution in [0.5, 0.6) is 5.75 Å². The number of hydrogen-bond acceptors (Lipinski definition) is 2. The lowest BCUT2D eigenvalue weighted by Gasteiger charge is -2.06. The third kappa shape index (κ3) is 3.05. The Morgan fingerprint density at radius 3 is 2.86 bits per heavy atom. The molecule has 0 aliphatic rings. The summed E-state index contributed by atoms with van der Waals surface area (Å²) in [6.07, 6.45) is 3.86. The van der Waals surface area contributed by atoms with Gasteiger partial charge in [0.15, 0.2) is 0 Å². The second-order valence-corrected chi connectivity index (χ2v) is 3.26. The largest absolute Gasteiger partial charge is 0.488 e. The molecule has 0 radical (unpaired) electrons. The number of halogens is 1. The Morgan fingerprint density at radius 1 is 1.50 bits per heavy atom. The Hall–Kier alpha value is -0.990. The van der Waals surface area contributed by atoms with Crippen LogP contribution in [0.25, 0.3) is 0 Å². The number of rotatable bonds is 4. The van der Waals surface area contributed by atoms with Crippen molar-refractivity contribution in [2.24, 2.45) is 5.73 Å². The van der Waals surface area contributed by atoms with Crippen LogP contribution in [0.3, 0.4) is 0 Å². The first kappa shape index (κ1) is 11.1. The summed E-state index contributed by atoms with van der Waals surface area (Å²) in [5, 5.41) is 0.609. The molecule has 0 heterocycles. The van der Waals surface area contributed by atoms with Gasteiger partial charge in [-0.3, -0.25) is 0 Å². The average molecular weight is 212 g/mol. The third-order valence-electron chi connectivity index (χ3n) is 1.80. The van der Waals surface area contributed by atoms with Gasteiger partial charge in [-0.25, -0.2) is 0 Å². The van der Waals surface area contributed by atoms with Crippen molar-refractivity contribution in [1.82, 2.24) is 0 Å². The maximum atomic E-state index is 5.98. The van der Waals surface area contributed by atoms with Crippen molar-refractivity contribution in [2.75, 3.05) is 6.61 Å². The molecule has 1 aromatic rings. The fraction of sp³-hybridized carbons (Fsp3) is 0.273. The molecule has 1 rings (SSSR count). The molecule has 1 aromatic carbocycles. The second-order valence-electron chi connectivity index (χ2n) is 2.85. The van der Waals surface area contributed by atoms with Gasteiger partial charge in [0, 0.05) is 6.54 Å². The van der Waals surface area contributed by atoms with Crippen molar-refractivity contribution in [3.05, 3.63) is 40.9 Å². The summed E-state index contributed by atoms with van der Waals surface area (Å²) in [5.41, 5.74) is 6.49. The van der Waals surface area contributed by atoms with Crippen LogP contribution in [0.15, 0.2) is 30.4 Å². The van der Waals surface area contributed by atoms with Crippen molar-refractivity contribution in [2.45, 2.75) is 13.5 Å². The lowest BCUT2D eigenvalue weighted by molar-refractivity contribution is 0.363. The average Bonchev–Trinajstić information content (AvgIpc) is 2.20. The molecule has 0 aliphatic heterocycles. The molecule has 0 bridgehead atoms. The molecule has 0 fully saturated rings. The maximum absolute atomic E-state index is 5.98. The number of allylic oxidation sites excluding steroid dienone is 1. The van der Waals surface area contributed by atoms with E-state index in [1.807, 2.05) is 37.3 Å². The van der Waals surface area contributed by atoms with Crippen molar-refractivity contribution in [3.8, 4) is 5.75 Å². The summed E-state index contributed by atoms with van der Waals surface area (Å²) in [7, 11) is 0. The monoisotopic (exact) mass is 211 g/mol. The van der Waals surface area contributed by atoms with E-state index in [9.17, 15) is 0 Å². The van der Waals surface area contributed by atoms with Gasteiger partial charge in [0.05, 0.1) is 5.02 Å². The number of ether oxygens (including phenoxy) is 1. The standard InChI is InChI=1S/C11H14ClNO/c1-2-3-6-14-11-5-4-9(8-13)7-10(11)12/h2-5,7H,6,8,13H2,1H3. The minimum atomic E-state index is 0.495. The van der Waals surface area contributed by atoms with E-state index in [4.69, 9.17) is 22.1 Å². The lowest BCUT2D eigenvalue weighted by Crippen LogP contribution is -1.98. The van der Waals surface area contributed by atoms with E-state index in [1.54, 1.807) is 0 Å². The van der Waals surface area contributed by atoms with Crippen LogP contribution in [0.1, 0.15) is 12.5 Å². The summed E-state index contributed by atoms with van der Waals surface area (Å²) in [6.45, 7) is 2.98. The normalized spacial score (nSPS) is 10.8. The van der Waals surface area contributed by atoms with Crippen LogP contribution in [-0.2, 0) is 6.54 Å². The van der Waals surface area contributed by atoms with Gasteiger partial charge in [0.25, 0.3) is 0 Å². The van der Waals surface area contributed by atoms with Gasteiger partial charge in [-0.05, 0) is 24.6 Å². The molecule has 76 valence electrons. The third-order valence-corrected chi connectivity index (χ3v) is 2.10. The Bertz CT molecular complexity index is 323. The predicted octanol–water partition coefficient (Wildman–Crippen LogP) is 2.75. The first-order valence-corrected chi connectivity index (χ1v) is 4.88. The molecule has 0 saturated heterocycles. The Balaban J connectivity index is 2.68. The van der Waals surface area contributed by atoms with Crippen molar-refractivity contribution >= 4 is 11.6 Å². The highest BCUT2D eigenvalue weighted by molar-refractivity contribution is 6.32. The smallest absolute Gasteiger partial charge is 0.138 e. The molecular formula is C11H14ClNO. The maximum Gasteiger partial charge on any atom is 0.138 e. The predicted molar refractivity (Wildman–Crippen MR) is 59.7 cm³/mol. The number of nitrogens with two attached hydrogens (primary N) is 1. The molecule has 2 N–H and O–H groups in total. The van der Waals surface area contributed by atoms with Gasteiger partial charge < -0.3 is 10.5 Å². The van der Waals surface area contributed by atoms with E-state index < -0.39 is 0 Å². The molecule has 0 atom stereocenters. The Kier molecular flexibility index (Phi) is 4.50. The first-order valence-electron chi connectivity index (χ1n) is 4.50. The minimum Gasteiger partial charge on any atom is -0.488 e. The van der Waals surface area contributed by atoms with Crippen LogP contribution < -0.4 is 10.5 Å². The molecule has 0 amide bonds. The molecule has 0 spiro atoms. The summed E-state index contributed by atoms with van der Waals surface area (Å²) >= 11 is 5.98. The fourth-order valence-corrected chi connectivity index (χ4v) is 1.28. The van der Waals surface area contributed by atoms with E-state index in [2.05, 4.69) is 0 Å². The van der Waals surface area contributed by atoms with E-state index in [0.29, 0.717) is 23.9 Å². The van der Waals surface area contributed by atoms with E-state index >= 15 is 0 Å². The van der Waals surface area contributed by atoms with Gasteiger partial charge in [0.1, 0.15) is 12.4 Å². The summed E-state index contributed by atoms with van der Waals surface area (Å²) in [5.74, 6) is 0.696. The summed E-state index contributed by atoms with van der Waals surface area (Å²) in [6, 6.07) is 5.58. The summed E-state index contributed by atoms with van der Waals surface area (Å²) < 4.78 is 5.42.